The molecule has 1 aliphatic rings. The molecule has 29 heavy (non-hydrogen) atoms. The molecular formula is C24H23NO4. The number of carbonyl (C=O) groups excluding carboxylic acids is 2. The second-order valence-electron chi connectivity index (χ2n) is 7.30. The molecule has 1 N–H and O–H groups in total. The molecule has 3 rings (SSSR count). The first-order valence-corrected chi connectivity index (χ1v) is 9.49. The Morgan fingerprint density at radius 2 is 1.59 bits per heavy atom. The first kappa shape index (κ1) is 20.4. The number of aliphatic carboxylic acids is 1. The van der Waals surface area contributed by atoms with Crippen LogP contribution in [0.15, 0.2) is 71.1 Å². The number of rotatable bonds is 6. The molecule has 2 aromatic rings. The number of hydrogen-bond acceptors (Lipinski definition) is 4. The summed E-state index contributed by atoms with van der Waals surface area (Å²) in [5.41, 5.74) is 4.50. The number of aryl methyl sites for hydroxylation is 1. The van der Waals surface area contributed by atoms with Crippen molar-refractivity contribution in [3.8, 4) is 0 Å². The Bertz CT molecular complexity index is 1030. The van der Waals surface area contributed by atoms with Crippen LogP contribution in [0.2, 0.25) is 0 Å². The minimum absolute atomic E-state index is 0.0614. The minimum atomic E-state index is -0.841. The highest BCUT2D eigenvalue weighted by atomic mass is 16.4. The highest BCUT2D eigenvalue weighted by Crippen LogP contribution is 2.38. The Hall–Kier alpha value is -3.34. The van der Waals surface area contributed by atoms with Crippen molar-refractivity contribution in [2.45, 2.75) is 39.5 Å². The van der Waals surface area contributed by atoms with Crippen molar-refractivity contribution in [3.05, 3.63) is 87.8 Å². The standard InChI is InChI=1S/C24H23NO4/c1-14-15(2)24(29)21(16(3)23(14)28)22(19-5-4-12-25-13-19)18-9-6-17(7-10-18)8-11-20(26)27/h4-7,9-10,12-13,22H,8,11H2,1-3H3,(H,26,27). The number of benzene rings is 1. The van der Waals surface area contributed by atoms with Gasteiger partial charge in [-0.05, 0) is 49.9 Å². The Morgan fingerprint density at radius 3 is 2.17 bits per heavy atom. The molecule has 148 valence electrons. The molecule has 0 aliphatic heterocycles. The van der Waals surface area contributed by atoms with E-state index in [4.69, 9.17) is 5.11 Å². The summed E-state index contributed by atoms with van der Waals surface area (Å²) in [4.78, 5) is 40.9. The highest BCUT2D eigenvalue weighted by Gasteiger charge is 2.34. The van der Waals surface area contributed by atoms with Crippen LogP contribution in [0, 0.1) is 0 Å². The number of carboxylic acid groups (broad SMARTS) is 1. The van der Waals surface area contributed by atoms with Gasteiger partial charge < -0.3 is 5.11 Å². The van der Waals surface area contributed by atoms with E-state index >= 15 is 0 Å². The van der Waals surface area contributed by atoms with Crippen LogP contribution >= 0.6 is 0 Å². The van der Waals surface area contributed by atoms with Gasteiger partial charge in [0.1, 0.15) is 0 Å². The first-order chi connectivity index (χ1) is 13.8. The Kier molecular flexibility index (Phi) is 5.87. The molecule has 1 aliphatic carbocycles. The molecule has 5 heteroatoms. The molecule has 1 aromatic carbocycles. The van der Waals surface area contributed by atoms with E-state index in [1.54, 1.807) is 33.2 Å². The topological polar surface area (TPSA) is 84.3 Å². The van der Waals surface area contributed by atoms with Gasteiger partial charge in [-0.2, -0.15) is 0 Å². The molecule has 5 nitrogen and oxygen atoms in total. The van der Waals surface area contributed by atoms with Crippen LogP contribution in [-0.4, -0.2) is 27.6 Å². The van der Waals surface area contributed by atoms with E-state index in [9.17, 15) is 14.4 Å². The van der Waals surface area contributed by atoms with E-state index in [0.29, 0.717) is 28.7 Å². The van der Waals surface area contributed by atoms with Crippen LogP contribution in [0.1, 0.15) is 49.8 Å². The van der Waals surface area contributed by atoms with Crippen LogP contribution < -0.4 is 0 Å². The van der Waals surface area contributed by atoms with E-state index in [0.717, 1.165) is 16.7 Å². The molecule has 0 saturated carbocycles. The maximum absolute atomic E-state index is 13.2. The summed E-state index contributed by atoms with van der Waals surface area (Å²) in [5.74, 6) is -1.49. The molecule has 0 saturated heterocycles. The van der Waals surface area contributed by atoms with Gasteiger partial charge in [0.05, 0.1) is 0 Å². The Labute approximate surface area is 169 Å². The number of carboxylic acids is 1. The highest BCUT2D eigenvalue weighted by molar-refractivity contribution is 6.25. The first-order valence-electron chi connectivity index (χ1n) is 9.49. The zero-order valence-corrected chi connectivity index (χ0v) is 16.7. The van der Waals surface area contributed by atoms with Crippen molar-refractivity contribution < 1.29 is 19.5 Å². The van der Waals surface area contributed by atoms with E-state index in [-0.39, 0.29) is 18.0 Å². The fourth-order valence-corrected chi connectivity index (χ4v) is 3.66. The normalized spacial score (nSPS) is 15.7. The summed E-state index contributed by atoms with van der Waals surface area (Å²) in [6, 6.07) is 11.2. The zero-order valence-electron chi connectivity index (χ0n) is 16.7. The Morgan fingerprint density at radius 1 is 0.931 bits per heavy atom. The maximum Gasteiger partial charge on any atom is 0.303 e. The average molecular weight is 389 g/mol. The summed E-state index contributed by atoms with van der Waals surface area (Å²) in [7, 11) is 0. The Balaban J connectivity index is 2.09. The SMILES string of the molecule is CC1=C(C)C(=O)C(C(c2ccc(CCC(=O)O)cc2)c2cccnc2)=C(C)C1=O. The molecule has 0 bridgehead atoms. The smallest absolute Gasteiger partial charge is 0.303 e. The van der Waals surface area contributed by atoms with Crippen molar-refractivity contribution in [2.24, 2.45) is 0 Å². The van der Waals surface area contributed by atoms with Crippen molar-refractivity contribution >= 4 is 17.5 Å². The van der Waals surface area contributed by atoms with E-state index in [1.165, 1.54) is 0 Å². The van der Waals surface area contributed by atoms with Crippen LogP contribution in [0.5, 0.6) is 0 Å². The van der Waals surface area contributed by atoms with Gasteiger partial charge in [-0.1, -0.05) is 30.3 Å². The summed E-state index contributed by atoms with van der Waals surface area (Å²) in [6.07, 6.45) is 3.88. The third-order valence-electron chi connectivity index (χ3n) is 5.48. The lowest BCUT2D eigenvalue weighted by molar-refractivity contribution is -0.137. The average Bonchev–Trinajstić information content (AvgIpc) is 2.73. The number of hydrogen-bond donors (Lipinski definition) is 1. The lowest BCUT2D eigenvalue weighted by Crippen LogP contribution is -2.25. The molecule has 0 amide bonds. The fraction of sp³-hybridized carbons (Fsp3) is 0.250. The third-order valence-corrected chi connectivity index (χ3v) is 5.48. The largest absolute Gasteiger partial charge is 0.481 e. The number of aromatic nitrogens is 1. The molecular weight excluding hydrogens is 366 g/mol. The van der Waals surface area contributed by atoms with Gasteiger partial charge in [0.15, 0.2) is 11.6 Å². The van der Waals surface area contributed by atoms with Gasteiger partial charge >= 0.3 is 5.97 Å². The number of pyridine rings is 1. The van der Waals surface area contributed by atoms with E-state index < -0.39 is 11.9 Å². The monoisotopic (exact) mass is 389 g/mol. The van der Waals surface area contributed by atoms with Crippen molar-refractivity contribution in [1.82, 2.24) is 4.98 Å². The van der Waals surface area contributed by atoms with E-state index in [2.05, 4.69) is 4.98 Å². The number of nitrogens with zero attached hydrogens (tertiary/aromatic N) is 1. The summed E-state index contributed by atoms with van der Waals surface area (Å²) >= 11 is 0. The second-order valence-corrected chi connectivity index (χ2v) is 7.30. The van der Waals surface area contributed by atoms with Gasteiger partial charge in [0.2, 0.25) is 0 Å². The van der Waals surface area contributed by atoms with Crippen molar-refractivity contribution in [3.63, 3.8) is 0 Å². The quantitative estimate of drug-likeness (QED) is 0.754. The second kappa shape index (κ2) is 8.35. The lowest BCUT2D eigenvalue weighted by atomic mass is 9.75. The van der Waals surface area contributed by atoms with Gasteiger partial charge in [-0.3, -0.25) is 19.4 Å². The summed E-state index contributed by atoms with van der Waals surface area (Å²) in [5, 5.41) is 8.88. The third kappa shape index (κ3) is 4.09. The van der Waals surface area contributed by atoms with Gasteiger partial charge in [0, 0.05) is 47.0 Å². The number of allylic oxidation sites excluding steroid dienone is 4. The van der Waals surface area contributed by atoms with Gasteiger partial charge in [0.25, 0.3) is 0 Å². The van der Waals surface area contributed by atoms with Crippen LogP contribution in [-0.2, 0) is 20.8 Å². The molecule has 0 fully saturated rings. The predicted octanol–water partition coefficient (Wildman–Crippen LogP) is 4.04. The molecule has 0 spiro atoms. The predicted molar refractivity (Wildman–Crippen MR) is 110 cm³/mol. The number of carbonyl (C=O) groups is 3. The van der Waals surface area contributed by atoms with Crippen LogP contribution in [0.3, 0.4) is 0 Å². The molecule has 1 atom stereocenters. The molecule has 1 heterocycles. The van der Waals surface area contributed by atoms with Crippen molar-refractivity contribution in [1.29, 1.82) is 0 Å². The van der Waals surface area contributed by atoms with Gasteiger partial charge in [-0.15, -0.1) is 0 Å². The van der Waals surface area contributed by atoms with Gasteiger partial charge in [-0.25, -0.2) is 0 Å². The minimum Gasteiger partial charge on any atom is -0.481 e. The van der Waals surface area contributed by atoms with E-state index in [1.807, 2.05) is 36.4 Å². The fourth-order valence-electron chi connectivity index (χ4n) is 3.66. The lowest BCUT2D eigenvalue weighted by Gasteiger charge is -2.26. The maximum atomic E-state index is 13.2. The molecule has 1 aromatic heterocycles. The summed E-state index contributed by atoms with van der Waals surface area (Å²) in [6.45, 7) is 5.08. The van der Waals surface area contributed by atoms with Crippen LogP contribution in [0.4, 0.5) is 0 Å². The molecule has 1 unspecified atom stereocenters. The number of Topliss-reactive ketones (excluding diaryl/α,β-unsaturated/α-hetero) is 2. The van der Waals surface area contributed by atoms with Crippen molar-refractivity contribution in [2.75, 3.05) is 0 Å². The summed E-state index contributed by atoms with van der Waals surface area (Å²) < 4.78 is 0. The zero-order chi connectivity index (χ0) is 21.1. The number of ketones is 2. The van der Waals surface area contributed by atoms with Crippen LogP contribution in [0.25, 0.3) is 0 Å². The molecule has 0 radical (unpaired) electrons.